The Kier molecular flexibility index (Phi) is 5.21. The van der Waals surface area contributed by atoms with Gasteiger partial charge in [0.2, 0.25) is 0 Å². The van der Waals surface area contributed by atoms with E-state index in [-0.39, 0.29) is 5.91 Å². The van der Waals surface area contributed by atoms with Crippen LogP contribution in [-0.2, 0) is 23.2 Å². The van der Waals surface area contributed by atoms with Gasteiger partial charge in [-0.05, 0) is 60.2 Å². The molecule has 0 bridgehead atoms. The molecule has 0 aliphatic carbocycles. The summed E-state index contributed by atoms with van der Waals surface area (Å²) >= 11 is 0. The second-order valence-electron chi connectivity index (χ2n) is 9.47. The molecule has 174 valence electrons. The summed E-state index contributed by atoms with van der Waals surface area (Å²) in [6, 6.07) is 33.9. The number of anilines is 1. The van der Waals surface area contributed by atoms with Crippen molar-refractivity contribution in [1.29, 1.82) is 0 Å². The van der Waals surface area contributed by atoms with Gasteiger partial charge in [0.15, 0.2) is 0 Å². The molecule has 2 heterocycles. The normalized spacial score (nSPS) is 14.9. The van der Waals surface area contributed by atoms with Gasteiger partial charge in [0, 0.05) is 23.0 Å². The molecule has 35 heavy (non-hydrogen) atoms. The molecule has 1 aromatic heterocycles. The van der Waals surface area contributed by atoms with Crippen LogP contribution in [0.4, 0.5) is 5.69 Å². The highest BCUT2D eigenvalue weighted by atomic mass is 16.2. The lowest BCUT2D eigenvalue weighted by atomic mass is 9.84. The third-order valence-electron chi connectivity index (χ3n) is 7.78. The summed E-state index contributed by atoms with van der Waals surface area (Å²) in [5.74, 6) is 0.137. The quantitative estimate of drug-likeness (QED) is 0.276. The number of nitrogens with zero attached hydrogens (tertiary/aromatic N) is 2. The lowest BCUT2D eigenvalue weighted by Gasteiger charge is -2.38. The first-order chi connectivity index (χ1) is 17.2. The summed E-state index contributed by atoms with van der Waals surface area (Å²) in [6.45, 7) is 5.05. The van der Waals surface area contributed by atoms with E-state index in [9.17, 15) is 4.79 Å². The van der Waals surface area contributed by atoms with Crippen LogP contribution >= 0.6 is 0 Å². The van der Waals surface area contributed by atoms with Gasteiger partial charge in [-0.3, -0.25) is 4.79 Å². The molecule has 3 nitrogen and oxygen atoms in total. The molecule has 1 amide bonds. The van der Waals surface area contributed by atoms with Crippen molar-refractivity contribution in [2.45, 2.75) is 38.6 Å². The Morgan fingerprint density at radius 1 is 0.800 bits per heavy atom. The second kappa shape index (κ2) is 8.42. The van der Waals surface area contributed by atoms with Crippen molar-refractivity contribution in [1.82, 2.24) is 4.57 Å². The van der Waals surface area contributed by atoms with Gasteiger partial charge in [0.25, 0.3) is 5.91 Å². The molecule has 1 atom stereocenters. The lowest BCUT2D eigenvalue weighted by Crippen LogP contribution is -2.51. The van der Waals surface area contributed by atoms with E-state index in [0.29, 0.717) is 13.0 Å². The first kappa shape index (κ1) is 21.7. The van der Waals surface area contributed by atoms with Gasteiger partial charge in [-0.25, -0.2) is 0 Å². The van der Waals surface area contributed by atoms with Gasteiger partial charge in [-0.15, -0.1) is 0 Å². The van der Waals surface area contributed by atoms with Gasteiger partial charge in [0.1, 0.15) is 5.54 Å². The summed E-state index contributed by atoms with van der Waals surface area (Å²) in [5.41, 5.74) is 5.96. The number of benzene rings is 4. The van der Waals surface area contributed by atoms with Crippen molar-refractivity contribution in [3.63, 3.8) is 0 Å². The second-order valence-corrected chi connectivity index (χ2v) is 9.47. The van der Waals surface area contributed by atoms with Crippen LogP contribution in [0.2, 0.25) is 0 Å². The van der Waals surface area contributed by atoms with Crippen LogP contribution < -0.4 is 4.90 Å². The molecule has 0 unspecified atom stereocenters. The minimum absolute atomic E-state index is 0.137. The van der Waals surface area contributed by atoms with Crippen LogP contribution in [0.15, 0.2) is 97.1 Å². The van der Waals surface area contributed by atoms with E-state index >= 15 is 0 Å². The van der Waals surface area contributed by atoms with Crippen LogP contribution in [0.25, 0.3) is 21.8 Å². The molecular formula is C32H30N2O. The largest absolute Gasteiger partial charge is 0.321 e. The summed E-state index contributed by atoms with van der Waals surface area (Å²) in [5, 5.41) is 2.41. The number of para-hydroxylation sites is 2. The van der Waals surface area contributed by atoms with Crippen LogP contribution in [0.5, 0.6) is 0 Å². The van der Waals surface area contributed by atoms with E-state index in [1.54, 1.807) is 0 Å². The first-order valence-corrected chi connectivity index (χ1v) is 12.7. The molecule has 0 saturated heterocycles. The number of hydrogen-bond donors (Lipinski definition) is 0. The molecule has 1 aliphatic rings. The van der Waals surface area contributed by atoms with Crippen molar-refractivity contribution < 1.29 is 4.79 Å². The van der Waals surface area contributed by atoms with Crippen molar-refractivity contribution in [3.05, 3.63) is 114 Å². The molecule has 0 radical (unpaired) electrons. The fraction of sp³-hybridized carbons (Fsp3) is 0.219. The highest BCUT2D eigenvalue weighted by molar-refractivity contribution is 6.12. The topological polar surface area (TPSA) is 25.2 Å². The number of carbonyl (C=O) groups excluding carboxylic acids is 1. The molecule has 4 aromatic carbocycles. The molecular weight excluding hydrogens is 428 g/mol. The Morgan fingerprint density at radius 3 is 2.31 bits per heavy atom. The zero-order valence-corrected chi connectivity index (χ0v) is 20.4. The Morgan fingerprint density at radius 2 is 1.51 bits per heavy atom. The number of rotatable bonds is 5. The third-order valence-corrected chi connectivity index (χ3v) is 7.78. The maximum atomic E-state index is 14.9. The monoisotopic (exact) mass is 458 g/mol. The molecule has 0 fully saturated rings. The maximum absolute atomic E-state index is 14.9. The predicted molar refractivity (Wildman–Crippen MR) is 145 cm³/mol. The zero-order chi connectivity index (χ0) is 24.0. The fourth-order valence-electron chi connectivity index (χ4n) is 6.00. The number of hydrogen-bond acceptors (Lipinski definition) is 1. The van der Waals surface area contributed by atoms with E-state index < -0.39 is 5.54 Å². The summed E-state index contributed by atoms with van der Waals surface area (Å²) in [7, 11) is 0. The molecule has 3 heteroatoms. The molecule has 6 rings (SSSR count). The number of aryl methyl sites for hydroxylation is 1. The predicted octanol–water partition coefficient (Wildman–Crippen LogP) is 7.10. The minimum atomic E-state index is -0.867. The van der Waals surface area contributed by atoms with E-state index in [0.717, 1.165) is 35.1 Å². The zero-order valence-electron chi connectivity index (χ0n) is 20.4. The number of amides is 1. The first-order valence-electron chi connectivity index (χ1n) is 12.7. The lowest BCUT2D eigenvalue weighted by molar-refractivity contribution is -0.125. The summed E-state index contributed by atoms with van der Waals surface area (Å²) in [4.78, 5) is 16.9. The molecule has 0 saturated carbocycles. The Labute approximate surface area is 206 Å². The van der Waals surface area contributed by atoms with Crippen molar-refractivity contribution in [3.8, 4) is 0 Å². The fourth-order valence-corrected chi connectivity index (χ4v) is 6.00. The average Bonchev–Trinajstić information content (AvgIpc) is 3.50. The Balaban J connectivity index is 1.69. The van der Waals surface area contributed by atoms with E-state index in [4.69, 9.17) is 0 Å². The van der Waals surface area contributed by atoms with E-state index in [1.807, 2.05) is 29.2 Å². The smallest absolute Gasteiger partial charge is 0.257 e. The van der Waals surface area contributed by atoms with Gasteiger partial charge >= 0.3 is 0 Å². The van der Waals surface area contributed by atoms with Gasteiger partial charge < -0.3 is 9.47 Å². The molecule has 5 aromatic rings. The number of fused-ring (bicyclic) bond motifs is 4. The minimum Gasteiger partial charge on any atom is -0.321 e. The van der Waals surface area contributed by atoms with Crippen LogP contribution in [0, 0.1) is 0 Å². The van der Waals surface area contributed by atoms with Crippen LogP contribution in [-0.4, -0.2) is 17.0 Å². The average molecular weight is 459 g/mol. The SMILES string of the molecule is CCc1ccc2c(c1)c1ccccc1n2[C@](CC)(C(=O)N1CCc2ccccc21)c1ccccc1. The molecule has 0 N–H and O–H groups in total. The Hall–Kier alpha value is -3.85. The number of aromatic nitrogens is 1. The van der Waals surface area contributed by atoms with Gasteiger partial charge in [0.05, 0.1) is 11.0 Å². The van der Waals surface area contributed by atoms with Crippen LogP contribution in [0.3, 0.4) is 0 Å². The molecule has 1 aliphatic heterocycles. The highest BCUT2D eigenvalue weighted by Crippen LogP contribution is 2.43. The summed E-state index contributed by atoms with van der Waals surface area (Å²) < 4.78 is 2.33. The van der Waals surface area contributed by atoms with E-state index in [2.05, 4.69) is 91.2 Å². The standard InChI is InChI=1S/C32H30N2O/c1-3-23-18-19-30-27(22-23)26-15-9-11-17-29(26)34(30)32(4-2,25-13-6-5-7-14-25)31(35)33-21-20-24-12-8-10-16-28(24)33/h5-19,22H,3-4,20-21H2,1-2H3/t32-/m0/s1. The van der Waals surface area contributed by atoms with Gasteiger partial charge in [-0.1, -0.05) is 86.6 Å². The summed E-state index contributed by atoms with van der Waals surface area (Å²) in [6.07, 6.45) is 2.53. The molecule has 0 spiro atoms. The van der Waals surface area contributed by atoms with E-state index in [1.165, 1.54) is 21.9 Å². The van der Waals surface area contributed by atoms with Crippen molar-refractivity contribution in [2.24, 2.45) is 0 Å². The van der Waals surface area contributed by atoms with Crippen LogP contribution in [0.1, 0.15) is 37.0 Å². The number of carbonyl (C=O) groups is 1. The third kappa shape index (κ3) is 3.15. The Bertz CT molecular complexity index is 1550. The van der Waals surface area contributed by atoms with Crippen molar-refractivity contribution in [2.75, 3.05) is 11.4 Å². The van der Waals surface area contributed by atoms with Crippen molar-refractivity contribution >= 4 is 33.4 Å². The van der Waals surface area contributed by atoms with Gasteiger partial charge in [-0.2, -0.15) is 0 Å². The highest BCUT2D eigenvalue weighted by Gasteiger charge is 2.46. The maximum Gasteiger partial charge on any atom is 0.257 e.